The van der Waals surface area contributed by atoms with Crippen molar-refractivity contribution in [3.63, 3.8) is 0 Å². The summed E-state index contributed by atoms with van der Waals surface area (Å²) in [6.07, 6.45) is 4.53. The minimum Gasteiger partial charge on any atom is -0.372 e. The summed E-state index contributed by atoms with van der Waals surface area (Å²) in [6.45, 7) is 2.79. The molecular formula is C21H24FN3O. The summed E-state index contributed by atoms with van der Waals surface area (Å²) >= 11 is 0. The lowest BCUT2D eigenvalue weighted by Gasteiger charge is -2.19. The van der Waals surface area contributed by atoms with Crippen LogP contribution in [-0.4, -0.2) is 25.7 Å². The summed E-state index contributed by atoms with van der Waals surface area (Å²) in [5, 5.41) is 5.85. The third-order valence-electron chi connectivity index (χ3n) is 5.49. The monoisotopic (exact) mass is 353 g/mol. The first-order valence-electron chi connectivity index (χ1n) is 9.31. The van der Waals surface area contributed by atoms with Crippen molar-refractivity contribution < 1.29 is 9.18 Å². The molecule has 1 aliphatic heterocycles. The molecule has 2 aromatic carbocycles. The van der Waals surface area contributed by atoms with Gasteiger partial charge in [0.05, 0.1) is 0 Å². The number of urea groups is 1. The van der Waals surface area contributed by atoms with Crippen LogP contribution in [0.2, 0.25) is 0 Å². The van der Waals surface area contributed by atoms with Crippen LogP contribution < -0.4 is 15.5 Å². The predicted molar refractivity (Wildman–Crippen MR) is 102 cm³/mol. The molecule has 0 radical (unpaired) electrons. The Morgan fingerprint density at radius 3 is 2.27 bits per heavy atom. The summed E-state index contributed by atoms with van der Waals surface area (Å²) < 4.78 is 13.1. The molecule has 26 heavy (non-hydrogen) atoms. The molecule has 2 fully saturated rings. The number of carbonyl (C=O) groups is 1. The summed E-state index contributed by atoms with van der Waals surface area (Å²) in [7, 11) is 0. The van der Waals surface area contributed by atoms with E-state index >= 15 is 0 Å². The number of nitrogens with one attached hydrogen (secondary N) is 2. The largest absolute Gasteiger partial charge is 0.372 e. The van der Waals surface area contributed by atoms with Gasteiger partial charge in [-0.1, -0.05) is 12.1 Å². The first-order chi connectivity index (χ1) is 12.6. The molecule has 1 saturated heterocycles. The Hall–Kier alpha value is -2.56. The van der Waals surface area contributed by atoms with Gasteiger partial charge in [0, 0.05) is 36.4 Å². The van der Waals surface area contributed by atoms with Crippen molar-refractivity contribution in [2.75, 3.05) is 29.9 Å². The van der Waals surface area contributed by atoms with Gasteiger partial charge in [-0.2, -0.15) is 0 Å². The highest BCUT2D eigenvalue weighted by molar-refractivity contribution is 5.89. The highest BCUT2D eigenvalue weighted by Gasteiger charge is 2.44. The maximum Gasteiger partial charge on any atom is 0.319 e. The average molecular weight is 353 g/mol. The van der Waals surface area contributed by atoms with E-state index in [1.807, 2.05) is 24.3 Å². The second-order valence-electron chi connectivity index (χ2n) is 7.34. The second-order valence-corrected chi connectivity index (χ2v) is 7.34. The number of hydrogen-bond acceptors (Lipinski definition) is 2. The van der Waals surface area contributed by atoms with Gasteiger partial charge in [0.1, 0.15) is 5.82 Å². The van der Waals surface area contributed by atoms with Gasteiger partial charge < -0.3 is 15.5 Å². The lowest BCUT2D eigenvalue weighted by molar-refractivity contribution is 0.251. The smallest absolute Gasteiger partial charge is 0.319 e. The topological polar surface area (TPSA) is 44.4 Å². The number of halogens is 1. The highest BCUT2D eigenvalue weighted by Crippen LogP contribution is 2.47. The van der Waals surface area contributed by atoms with Crippen molar-refractivity contribution in [1.82, 2.24) is 5.32 Å². The number of carbonyl (C=O) groups excluding carboxylic acids is 1. The molecule has 5 heteroatoms. The summed E-state index contributed by atoms with van der Waals surface area (Å²) in [5.41, 5.74) is 3.05. The number of benzene rings is 2. The molecule has 0 bridgehead atoms. The normalized spacial score (nSPS) is 17.8. The number of amides is 2. The Kier molecular flexibility index (Phi) is 4.53. The molecule has 0 unspecified atom stereocenters. The van der Waals surface area contributed by atoms with Gasteiger partial charge in [0.15, 0.2) is 0 Å². The average Bonchev–Trinajstić information content (AvgIpc) is 3.24. The van der Waals surface area contributed by atoms with E-state index in [1.54, 1.807) is 0 Å². The third-order valence-corrected chi connectivity index (χ3v) is 5.49. The molecule has 2 N–H and O–H groups in total. The first kappa shape index (κ1) is 16.9. The number of hydrogen-bond donors (Lipinski definition) is 2. The molecule has 2 amide bonds. The lowest BCUT2D eigenvalue weighted by atomic mass is 9.96. The minimum atomic E-state index is -0.229. The van der Waals surface area contributed by atoms with Crippen molar-refractivity contribution in [3.05, 3.63) is 59.9 Å². The Balaban J connectivity index is 1.30. The van der Waals surface area contributed by atoms with Crippen LogP contribution in [-0.2, 0) is 5.41 Å². The molecule has 2 aliphatic rings. The standard InChI is InChI=1S/C21H24FN3O/c22-17-5-3-16(4-6-17)21(11-12-21)15-23-20(26)24-18-7-9-19(10-8-18)25-13-1-2-14-25/h3-10H,1-2,11-15H2,(H2,23,24,26). The van der Waals surface area contributed by atoms with E-state index in [0.29, 0.717) is 6.54 Å². The molecule has 2 aromatic rings. The fourth-order valence-corrected chi connectivity index (χ4v) is 3.68. The number of nitrogens with zero attached hydrogens (tertiary/aromatic N) is 1. The van der Waals surface area contributed by atoms with Crippen LogP contribution in [0.15, 0.2) is 48.5 Å². The predicted octanol–water partition coefficient (Wildman–Crippen LogP) is 4.28. The first-order valence-corrected chi connectivity index (χ1v) is 9.31. The number of anilines is 2. The SMILES string of the molecule is O=C(NCC1(c2ccc(F)cc2)CC1)Nc1ccc(N2CCCC2)cc1. The molecule has 0 aromatic heterocycles. The second kappa shape index (κ2) is 6.98. The molecule has 136 valence electrons. The zero-order valence-corrected chi connectivity index (χ0v) is 14.8. The quantitative estimate of drug-likeness (QED) is 0.843. The van der Waals surface area contributed by atoms with Crippen LogP contribution >= 0.6 is 0 Å². The zero-order valence-electron chi connectivity index (χ0n) is 14.8. The molecule has 0 atom stereocenters. The number of rotatable bonds is 5. The van der Waals surface area contributed by atoms with E-state index < -0.39 is 0 Å². The van der Waals surface area contributed by atoms with Crippen molar-refractivity contribution >= 4 is 17.4 Å². The molecule has 4 nitrogen and oxygen atoms in total. The molecule has 1 saturated carbocycles. The molecule has 4 rings (SSSR count). The lowest BCUT2D eigenvalue weighted by Crippen LogP contribution is -2.35. The van der Waals surface area contributed by atoms with Gasteiger partial charge in [0.2, 0.25) is 0 Å². The fraction of sp³-hybridized carbons (Fsp3) is 0.381. The van der Waals surface area contributed by atoms with Gasteiger partial charge >= 0.3 is 6.03 Å². The molecule has 1 heterocycles. The summed E-state index contributed by atoms with van der Waals surface area (Å²) in [6, 6.07) is 14.4. The van der Waals surface area contributed by atoms with E-state index in [1.165, 1.54) is 30.7 Å². The van der Waals surface area contributed by atoms with Crippen LogP contribution in [0, 0.1) is 5.82 Å². The van der Waals surface area contributed by atoms with Crippen molar-refractivity contribution in [2.24, 2.45) is 0 Å². The molecular weight excluding hydrogens is 329 g/mol. The van der Waals surface area contributed by atoms with E-state index in [0.717, 1.165) is 37.2 Å². The van der Waals surface area contributed by atoms with Crippen LogP contribution in [0.25, 0.3) is 0 Å². The Labute approximate surface area is 153 Å². The van der Waals surface area contributed by atoms with E-state index in [4.69, 9.17) is 0 Å². The van der Waals surface area contributed by atoms with Crippen LogP contribution in [0.1, 0.15) is 31.2 Å². The van der Waals surface area contributed by atoms with Crippen molar-refractivity contribution in [2.45, 2.75) is 31.1 Å². The maximum absolute atomic E-state index is 13.1. The Morgan fingerprint density at radius 2 is 1.65 bits per heavy atom. The Bertz CT molecular complexity index is 763. The van der Waals surface area contributed by atoms with Gasteiger partial charge in [0.25, 0.3) is 0 Å². The molecule has 1 aliphatic carbocycles. The van der Waals surface area contributed by atoms with Crippen molar-refractivity contribution in [1.29, 1.82) is 0 Å². The van der Waals surface area contributed by atoms with E-state index in [2.05, 4.69) is 27.7 Å². The van der Waals surface area contributed by atoms with Gasteiger partial charge in [-0.05, 0) is 67.6 Å². The zero-order chi connectivity index (χ0) is 18.0. The van der Waals surface area contributed by atoms with E-state index in [9.17, 15) is 9.18 Å². The fourth-order valence-electron chi connectivity index (χ4n) is 3.68. The molecule has 0 spiro atoms. The highest BCUT2D eigenvalue weighted by atomic mass is 19.1. The van der Waals surface area contributed by atoms with Gasteiger partial charge in [-0.25, -0.2) is 9.18 Å². The van der Waals surface area contributed by atoms with Crippen LogP contribution in [0.3, 0.4) is 0 Å². The minimum absolute atomic E-state index is 0.0371. The van der Waals surface area contributed by atoms with E-state index in [-0.39, 0.29) is 17.3 Å². The van der Waals surface area contributed by atoms with Gasteiger partial charge in [-0.3, -0.25) is 0 Å². The summed E-state index contributed by atoms with van der Waals surface area (Å²) in [4.78, 5) is 14.6. The summed E-state index contributed by atoms with van der Waals surface area (Å²) in [5.74, 6) is -0.229. The maximum atomic E-state index is 13.1. The third kappa shape index (κ3) is 3.66. The van der Waals surface area contributed by atoms with Crippen LogP contribution in [0.5, 0.6) is 0 Å². The van der Waals surface area contributed by atoms with Gasteiger partial charge in [-0.15, -0.1) is 0 Å². The van der Waals surface area contributed by atoms with Crippen LogP contribution in [0.4, 0.5) is 20.6 Å². The van der Waals surface area contributed by atoms with Crippen molar-refractivity contribution in [3.8, 4) is 0 Å². The Morgan fingerprint density at radius 1 is 1.00 bits per heavy atom.